The van der Waals surface area contributed by atoms with E-state index in [4.69, 9.17) is 23.2 Å². The van der Waals surface area contributed by atoms with Crippen molar-refractivity contribution in [1.29, 1.82) is 0 Å². The molecule has 2 nitrogen and oxygen atoms in total. The fourth-order valence-electron chi connectivity index (χ4n) is 4.40. The molecule has 0 fully saturated rings. The summed E-state index contributed by atoms with van der Waals surface area (Å²) in [5.41, 5.74) is 1.48. The smallest absolute Gasteiger partial charge is 0.195 e. The summed E-state index contributed by atoms with van der Waals surface area (Å²) in [6, 6.07) is 14.5. The van der Waals surface area contributed by atoms with Gasteiger partial charge in [0.25, 0.3) is 0 Å². The average Bonchev–Trinajstić information content (AvgIpc) is 2.63. The Balaban J connectivity index is 2.16. The van der Waals surface area contributed by atoms with Crippen molar-refractivity contribution in [3.63, 3.8) is 0 Å². The molecule has 2 aliphatic carbocycles. The van der Waals surface area contributed by atoms with Gasteiger partial charge in [0.15, 0.2) is 10.9 Å². The molecule has 0 unspecified atom stereocenters. The van der Waals surface area contributed by atoms with E-state index >= 15 is 0 Å². The van der Waals surface area contributed by atoms with Crippen LogP contribution in [-0.2, 0) is 0 Å². The molecule has 0 bridgehead atoms. The minimum Gasteiger partial charge on any atom is -0.289 e. The second-order valence-electron chi connectivity index (χ2n) is 6.71. The lowest BCUT2D eigenvalue weighted by molar-refractivity contribution is 1.65. The lowest BCUT2D eigenvalue weighted by atomic mass is 9.81. The SMILES string of the molecule is O=c1c2ccc3ccc(Cl)c4c(=O)c5ccc6cc(Cl)cc1c6c5-c2c34. The Bertz CT molecular complexity index is 1590. The molecule has 0 radical (unpaired) electrons. The fraction of sp³-hybridized carbons (Fsp3) is 0. The van der Waals surface area contributed by atoms with Crippen molar-refractivity contribution in [2.24, 2.45) is 0 Å². The Kier molecular flexibility index (Phi) is 2.52. The summed E-state index contributed by atoms with van der Waals surface area (Å²) in [7, 11) is 0. The quantitative estimate of drug-likeness (QED) is 0.250. The normalized spacial score (nSPS) is 12.5. The van der Waals surface area contributed by atoms with E-state index in [0.717, 1.165) is 32.7 Å². The van der Waals surface area contributed by atoms with Gasteiger partial charge in [-0.2, -0.15) is 0 Å². The maximum absolute atomic E-state index is 13.2. The van der Waals surface area contributed by atoms with Crippen LogP contribution >= 0.6 is 23.2 Å². The minimum absolute atomic E-state index is 0.0701. The topological polar surface area (TPSA) is 34.1 Å². The molecular weight excluding hydrogens is 367 g/mol. The zero-order chi connectivity index (χ0) is 17.7. The second kappa shape index (κ2) is 4.53. The Morgan fingerprint density at radius 3 is 2.04 bits per heavy atom. The van der Waals surface area contributed by atoms with Gasteiger partial charge in [-0.25, -0.2) is 0 Å². The maximum atomic E-state index is 13.2. The van der Waals surface area contributed by atoms with Gasteiger partial charge in [0.1, 0.15) is 0 Å². The summed E-state index contributed by atoms with van der Waals surface area (Å²) in [6.07, 6.45) is 0. The Morgan fingerprint density at radius 1 is 0.577 bits per heavy atom. The summed E-state index contributed by atoms with van der Waals surface area (Å²) < 4.78 is 0. The van der Waals surface area contributed by atoms with E-state index in [1.165, 1.54) is 0 Å². The molecule has 2 aliphatic rings. The van der Waals surface area contributed by atoms with Crippen LogP contribution in [0.2, 0.25) is 10.0 Å². The van der Waals surface area contributed by atoms with Gasteiger partial charge < -0.3 is 0 Å². The fourth-order valence-corrected chi connectivity index (χ4v) is 4.87. The average molecular weight is 375 g/mol. The van der Waals surface area contributed by atoms with Crippen molar-refractivity contribution in [3.05, 3.63) is 79.0 Å². The van der Waals surface area contributed by atoms with E-state index in [1.807, 2.05) is 36.4 Å². The summed E-state index contributed by atoms with van der Waals surface area (Å²) in [6.45, 7) is 0. The molecule has 0 N–H and O–H groups in total. The molecule has 4 aromatic carbocycles. The number of halogens is 2. The third-order valence-electron chi connectivity index (χ3n) is 5.43. The van der Waals surface area contributed by atoms with Gasteiger partial charge in [-0.1, -0.05) is 41.4 Å². The van der Waals surface area contributed by atoms with Crippen LogP contribution in [0.15, 0.2) is 58.1 Å². The molecule has 4 heteroatoms. The second-order valence-corrected chi connectivity index (χ2v) is 7.55. The number of benzene rings is 6. The zero-order valence-electron chi connectivity index (χ0n) is 13.2. The summed E-state index contributed by atoms with van der Waals surface area (Å²) in [4.78, 5) is 26.5. The highest BCUT2D eigenvalue weighted by Crippen LogP contribution is 2.46. The van der Waals surface area contributed by atoms with E-state index in [-0.39, 0.29) is 10.9 Å². The third kappa shape index (κ3) is 1.51. The van der Waals surface area contributed by atoms with Crippen molar-refractivity contribution in [2.45, 2.75) is 0 Å². The van der Waals surface area contributed by atoms with Crippen LogP contribution in [0.25, 0.3) is 54.2 Å². The van der Waals surface area contributed by atoms with Gasteiger partial charge in [-0.05, 0) is 41.1 Å². The van der Waals surface area contributed by atoms with Gasteiger partial charge in [0, 0.05) is 48.5 Å². The number of hydrogen-bond donors (Lipinski definition) is 0. The predicted molar refractivity (Wildman–Crippen MR) is 109 cm³/mol. The number of hydrogen-bond acceptors (Lipinski definition) is 2. The predicted octanol–water partition coefficient (Wildman–Crippen LogP) is 5.74. The molecule has 6 rings (SSSR count). The highest BCUT2D eigenvalue weighted by Gasteiger charge is 2.26. The molecule has 0 amide bonds. The van der Waals surface area contributed by atoms with Crippen LogP contribution in [0.4, 0.5) is 0 Å². The Hall–Kier alpha value is -2.68. The monoisotopic (exact) mass is 374 g/mol. The van der Waals surface area contributed by atoms with Crippen molar-refractivity contribution < 1.29 is 0 Å². The maximum Gasteiger partial charge on any atom is 0.195 e. The van der Waals surface area contributed by atoms with Gasteiger partial charge in [-0.15, -0.1) is 0 Å². The molecule has 0 heterocycles. The largest absolute Gasteiger partial charge is 0.289 e. The van der Waals surface area contributed by atoms with Gasteiger partial charge in [-0.3, -0.25) is 9.59 Å². The summed E-state index contributed by atoms with van der Waals surface area (Å²) in [5.74, 6) is 0. The highest BCUT2D eigenvalue weighted by atomic mass is 35.5. The van der Waals surface area contributed by atoms with Crippen LogP contribution in [0, 0.1) is 0 Å². The third-order valence-corrected chi connectivity index (χ3v) is 5.96. The lowest BCUT2D eigenvalue weighted by Gasteiger charge is -2.21. The van der Waals surface area contributed by atoms with Crippen LogP contribution in [0.3, 0.4) is 0 Å². The van der Waals surface area contributed by atoms with E-state index in [1.54, 1.807) is 12.1 Å². The van der Waals surface area contributed by atoms with E-state index in [2.05, 4.69) is 0 Å². The standard InChI is InChI=1S/C22H8Cl2O2/c23-11-7-10-2-5-13-18-16(10)14(8-11)21(25)12-4-1-9-3-6-15(24)20(22(13)26)17(9)19(12)18/h1-8H. The molecule has 0 atom stereocenters. The molecular formula is C22H8Cl2O2. The molecule has 0 saturated heterocycles. The molecule has 0 saturated carbocycles. The van der Waals surface area contributed by atoms with Crippen LogP contribution in [0.5, 0.6) is 0 Å². The first-order chi connectivity index (χ1) is 12.6. The zero-order valence-corrected chi connectivity index (χ0v) is 14.7. The van der Waals surface area contributed by atoms with Crippen LogP contribution < -0.4 is 10.9 Å². The minimum atomic E-state index is -0.0996. The van der Waals surface area contributed by atoms with E-state index in [0.29, 0.717) is 31.6 Å². The Morgan fingerprint density at radius 2 is 1.23 bits per heavy atom. The molecule has 0 spiro atoms. The first-order valence-electron chi connectivity index (χ1n) is 8.17. The first kappa shape index (κ1) is 14.5. The van der Waals surface area contributed by atoms with Crippen molar-refractivity contribution in [2.75, 3.05) is 0 Å². The van der Waals surface area contributed by atoms with Crippen LogP contribution in [0.1, 0.15) is 0 Å². The van der Waals surface area contributed by atoms with Crippen molar-refractivity contribution in [3.8, 4) is 11.1 Å². The lowest BCUT2D eigenvalue weighted by Crippen LogP contribution is -2.13. The van der Waals surface area contributed by atoms with E-state index in [9.17, 15) is 9.59 Å². The molecule has 0 aromatic heterocycles. The summed E-state index contributed by atoms with van der Waals surface area (Å²) in [5, 5.41) is 6.48. The van der Waals surface area contributed by atoms with Crippen LogP contribution in [-0.4, -0.2) is 0 Å². The van der Waals surface area contributed by atoms with Crippen molar-refractivity contribution in [1.82, 2.24) is 0 Å². The number of rotatable bonds is 0. The molecule has 122 valence electrons. The van der Waals surface area contributed by atoms with Gasteiger partial charge >= 0.3 is 0 Å². The van der Waals surface area contributed by atoms with Gasteiger partial charge in [0.05, 0.1) is 5.02 Å². The van der Waals surface area contributed by atoms with Crippen molar-refractivity contribution >= 4 is 66.3 Å². The Labute approximate surface area is 156 Å². The summed E-state index contributed by atoms with van der Waals surface area (Å²) >= 11 is 12.6. The molecule has 26 heavy (non-hydrogen) atoms. The molecule has 4 aromatic rings. The first-order valence-corrected chi connectivity index (χ1v) is 8.93. The highest BCUT2D eigenvalue weighted by molar-refractivity contribution is 6.39. The molecule has 0 aliphatic heterocycles. The van der Waals surface area contributed by atoms with Gasteiger partial charge in [0.2, 0.25) is 0 Å². The van der Waals surface area contributed by atoms with E-state index < -0.39 is 0 Å².